The third-order valence-corrected chi connectivity index (χ3v) is 5.06. The minimum Gasteiger partial charge on any atom is -0.414 e. The van der Waals surface area contributed by atoms with Crippen molar-refractivity contribution in [2.75, 3.05) is 6.54 Å². The molecule has 1 aromatic carbocycles. The van der Waals surface area contributed by atoms with E-state index in [1.54, 1.807) is 0 Å². The van der Waals surface area contributed by atoms with E-state index in [0.29, 0.717) is 24.9 Å². The molecule has 0 saturated heterocycles. The molecule has 0 fully saturated rings. The lowest BCUT2D eigenvalue weighted by Gasteiger charge is -2.26. The maximum absolute atomic E-state index is 12.8. The molecule has 0 spiro atoms. The number of aromatic nitrogens is 2. The Labute approximate surface area is 166 Å². The average Bonchev–Trinajstić information content (AvgIpc) is 3.34. The highest BCUT2D eigenvalue weighted by Gasteiger charge is 2.33. The maximum atomic E-state index is 12.8. The van der Waals surface area contributed by atoms with E-state index in [1.807, 2.05) is 54.8 Å². The van der Waals surface area contributed by atoms with E-state index in [0.717, 1.165) is 21.8 Å². The molecule has 9 heteroatoms. The lowest BCUT2D eigenvalue weighted by Crippen LogP contribution is -3.12. The molecule has 4 N–H and O–H groups in total. The molecule has 2 aromatic heterocycles. The van der Waals surface area contributed by atoms with Crippen molar-refractivity contribution in [1.82, 2.24) is 15.5 Å². The highest BCUT2D eigenvalue weighted by atomic mass is 32.1. The zero-order valence-corrected chi connectivity index (χ0v) is 16.2. The Kier molecular flexibility index (Phi) is 6.51. The van der Waals surface area contributed by atoms with Crippen molar-refractivity contribution in [3.05, 3.63) is 59.3 Å². The lowest BCUT2D eigenvalue weighted by molar-refractivity contribution is -0.936. The Morgan fingerprint density at radius 3 is 2.64 bits per heavy atom. The van der Waals surface area contributed by atoms with E-state index < -0.39 is 18.0 Å². The van der Waals surface area contributed by atoms with Gasteiger partial charge in [0.1, 0.15) is 0 Å². The minimum atomic E-state index is -0.875. The summed E-state index contributed by atoms with van der Waals surface area (Å²) in [7, 11) is 0. The first kappa shape index (κ1) is 19.7. The molecule has 0 saturated carbocycles. The molecule has 28 heavy (non-hydrogen) atoms. The summed E-state index contributed by atoms with van der Waals surface area (Å²) in [6.07, 6.45) is 0.828. The maximum Gasteiger partial charge on any atom is 0.319 e. The molecule has 3 aromatic rings. The summed E-state index contributed by atoms with van der Waals surface area (Å²) >= 11 is 1.51. The van der Waals surface area contributed by atoms with Crippen LogP contribution in [-0.4, -0.2) is 28.7 Å². The Balaban J connectivity index is 1.88. The van der Waals surface area contributed by atoms with Gasteiger partial charge in [0.25, 0.3) is 17.7 Å². The number of thiophene rings is 1. The van der Waals surface area contributed by atoms with E-state index in [4.69, 9.17) is 10.2 Å². The third-order valence-electron chi connectivity index (χ3n) is 4.20. The van der Waals surface area contributed by atoms with E-state index >= 15 is 0 Å². The van der Waals surface area contributed by atoms with Crippen LogP contribution in [0.4, 0.5) is 4.79 Å². The van der Waals surface area contributed by atoms with Gasteiger partial charge in [0.2, 0.25) is 0 Å². The number of quaternary nitrogens is 1. The zero-order chi connectivity index (χ0) is 19.9. The van der Waals surface area contributed by atoms with Gasteiger partial charge in [-0.05, 0) is 17.9 Å². The van der Waals surface area contributed by atoms with Crippen molar-refractivity contribution < 1.29 is 18.9 Å². The normalized spacial score (nSPS) is 13.0. The molecule has 0 aliphatic heterocycles. The second-order valence-electron chi connectivity index (χ2n) is 6.26. The number of amides is 3. The number of rotatable bonds is 8. The molecule has 3 rings (SSSR count). The predicted octanol–water partition coefficient (Wildman–Crippen LogP) is 1.53. The minimum absolute atomic E-state index is 0.345. The first-order chi connectivity index (χ1) is 13.6. The van der Waals surface area contributed by atoms with Gasteiger partial charge in [-0.25, -0.2) is 4.79 Å². The Morgan fingerprint density at radius 2 is 2.00 bits per heavy atom. The number of carbonyl (C=O) groups is 2. The highest BCUT2D eigenvalue weighted by Crippen LogP contribution is 2.22. The molecule has 0 radical (unpaired) electrons. The number of nitrogens with two attached hydrogens (primary N) is 1. The summed E-state index contributed by atoms with van der Waals surface area (Å²) < 4.78 is 5.80. The third kappa shape index (κ3) is 4.81. The molecule has 146 valence electrons. The highest BCUT2D eigenvalue weighted by molar-refractivity contribution is 7.13. The number of nitrogens with zero attached hydrogens (tertiary/aromatic N) is 2. The number of hydrogen-bond acceptors (Lipinski definition) is 6. The van der Waals surface area contributed by atoms with Gasteiger partial charge >= 0.3 is 6.03 Å². The van der Waals surface area contributed by atoms with Crippen LogP contribution in [0.15, 0.2) is 52.3 Å². The van der Waals surface area contributed by atoms with Crippen molar-refractivity contribution in [3.8, 4) is 10.8 Å². The summed E-state index contributed by atoms with van der Waals surface area (Å²) in [4.78, 5) is 25.8. The Morgan fingerprint density at radius 1 is 1.21 bits per heavy atom. The van der Waals surface area contributed by atoms with Gasteiger partial charge in [-0.2, -0.15) is 0 Å². The van der Waals surface area contributed by atoms with Crippen molar-refractivity contribution in [2.24, 2.45) is 5.73 Å². The molecular formula is C19H22N5O3S+. The van der Waals surface area contributed by atoms with Crippen molar-refractivity contribution in [3.63, 3.8) is 0 Å². The summed E-state index contributed by atoms with van der Waals surface area (Å²) in [6, 6.07) is 11.6. The molecule has 0 aliphatic carbocycles. The van der Waals surface area contributed by atoms with E-state index in [1.165, 1.54) is 11.3 Å². The number of nitrogens with one attached hydrogen (secondary N) is 2. The van der Waals surface area contributed by atoms with Crippen molar-refractivity contribution in [1.29, 1.82) is 0 Å². The van der Waals surface area contributed by atoms with Gasteiger partial charge in [-0.15, -0.1) is 21.5 Å². The summed E-state index contributed by atoms with van der Waals surface area (Å²) in [5.41, 5.74) is 5.95. The zero-order valence-electron chi connectivity index (χ0n) is 15.4. The van der Waals surface area contributed by atoms with Crippen molar-refractivity contribution in [2.45, 2.75) is 25.9 Å². The molecule has 3 amide bonds. The van der Waals surface area contributed by atoms with E-state index in [2.05, 4.69) is 15.5 Å². The molecule has 0 bridgehead atoms. The fourth-order valence-electron chi connectivity index (χ4n) is 3.09. The van der Waals surface area contributed by atoms with Crippen LogP contribution in [0.3, 0.4) is 0 Å². The lowest BCUT2D eigenvalue weighted by atomic mass is 10.0. The van der Waals surface area contributed by atoms with Crippen LogP contribution in [0, 0.1) is 0 Å². The second-order valence-corrected chi connectivity index (χ2v) is 7.21. The number of urea groups is 1. The molecule has 8 nitrogen and oxygen atoms in total. The quantitative estimate of drug-likeness (QED) is 0.530. The van der Waals surface area contributed by atoms with Crippen LogP contribution >= 0.6 is 11.3 Å². The number of primary amides is 1. The summed E-state index contributed by atoms with van der Waals surface area (Å²) in [5, 5.41) is 12.4. The standard InChI is InChI=1S/C19H21N5O3S/c1-2-10-24(12-15-22-23-18(27-15)14-9-6-11-28-14)16(17(25)21-19(20)26)13-7-4-3-5-8-13/h3-9,11,16H,2,10,12H2,1H3,(H3,20,21,25,26)/p+1/t16-/m0/s1. The SMILES string of the molecule is CCC[NH+](Cc1nnc(-c2cccs2)o1)[C@H](C(=O)NC(N)=O)c1ccccc1. The topological polar surface area (TPSA) is 116 Å². The molecular weight excluding hydrogens is 378 g/mol. The Bertz CT molecular complexity index is 911. The van der Waals surface area contributed by atoms with Gasteiger partial charge in [0.15, 0.2) is 12.6 Å². The second kappa shape index (κ2) is 9.25. The van der Waals surface area contributed by atoms with Crippen LogP contribution in [-0.2, 0) is 11.3 Å². The van der Waals surface area contributed by atoms with Crippen LogP contribution in [0.2, 0.25) is 0 Å². The fraction of sp³-hybridized carbons (Fsp3) is 0.263. The Hall–Kier alpha value is -3.04. The summed E-state index contributed by atoms with van der Waals surface area (Å²) in [6.45, 7) is 3.04. The van der Waals surface area contributed by atoms with Gasteiger partial charge in [-0.1, -0.05) is 43.3 Å². The molecule has 0 aliphatic rings. The first-order valence-corrected chi connectivity index (χ1v) is 9.82. The average molecular weight is 400 g/mol. The monoisotopic (exact) mass is 400 g/mol. The van der Waals surface area contributed by atoms with Gasteiger partial charge < -0.3 is 15.1 Å². The number of imide groups is 1. The van der Waals surface area contributed by atoms with Crippen molar-refractivity contribution >= 4 is 23.3 Å². The smallest absolute Gasteiger partial charge is 0.319 e. The van der Waals surface area contributed by atoms with Gasteiger partial charge in [0, 0.05) is 5.56 Å². The van der Waals surface area contributed by atoms with Gasteiger partial charge in [0.05, 0.1) is 11.4 Å². The molecule has 2 atom stereocenters. The number of carbonyl (C=O) groups excluding carboxylic acids is 2. The number of benzene rings is 1. The van der Waals surface area contributed by atoms with Crippen LogP contribution in [0.1, 0.15) is 30.8 Å². The summed E-state index contributed by atoms with van der Waals surface area (Å²) in [5.74, 6) is 0.429. The fourth-order valence-corrected chi connectivity index (χ4v) is 3.73. The van der Waals surface area contributed by atoms with Crippen LogP contribution in [0.25, 0.3) is 10.8 Å². The van der Waals surface area contributed by atoms with E-state index in [-0.39, 0.29) is 0 Å². The van der Waals surface area contributed by atoms with Crippen LogP contribution in [0.5, 0.6) is 0 Å². The predicted molar refractivity (Wildman–Crippen MR) is 104 cm³/mol. The van der Waals surface area contributed by atoms with Gasteiger partial charge in [-0.3, -0.25) is 10.1 Å². The number of hydrogen-bond donors (Lipinski definition) is 3. The largest absolute Gasteiger partial charge is 0.414 e. The molecule has 1 unspecified atom stereocenters. The first-order valence-electron chi connectivity index (χ1n) is 8.94. The van der Waals surface area contributed by atoms with Crippen LogP contribution < -0.4 is 16.0 Å². The van der Waals surface area contributed by atoms with E-state index in [9.17, 15) is 9.59 Å². The molecule has 2 heterocycles.